The second-order valence-electron chi connectivity index (χ2n) is 5.45. The molecule has 0 fully saturated rings. The summed E-state index contributed by atoms with van der Waals surface area (Å²) in [6.07, 6.45) is 0. The van der Waals surface area contributed by atoms with E-state index < -0.39 is 5.41 Å². The fraction of sp³-hybridized carbons (Fsp3) is 0.500. The summed E-state index contributed by atoms with van der Waals surface area (Å²) in [5.74, 6) is 1.26. The number of esters is 1. The predicted molar refractivity (Wildman–Crippen MR) is 81.2 cm³/mol. The molecule has 0 aliphatic heterocycles. The van der Waals surface area contributed by atoms with Crippen molar-refractivity contribution >= 4 is 33.3 Å². The molecule has 0 aliphatic rings. The first kappa shape index (κ1) is 14.7. The smallest absolute Gasteiger partial charge is 0.313 e. The standard InChI is InChI=1S/C14H19N3O2S/c1-8-6-20-12-10(8)11(16-9(2)17-12)15-7-14(3,4)13(18)19-5/h6H,7H2,1-5H3,(H,15,16,17). The Kier molecular flexibility index (Phi) is 3.94. The molecule has 0 aliphatic carbocycles. The van der Waals surface area contributed by atoms with Crippen LogP contribution in [0.5, 0.6) is 0 Å². The van der Waals surface area contributed by atoms with Crippen molar-refractivity contribution in [3.8, 4) is 0 Å². The lowest BCUT2D eigenvalue weighted by Crippen LogP contribution is -2.33. The number of fused-ring (bicyclic) bond motifs is 1. The van der Waals surface area contributed by atoms with Crippen molar-refractivity contribution in [3.05, 3.63) is 16.8 Å². The lowest BCUT2D eigenvalue weighted by molar-refractivity contribution is -0.149. The van der Waals surface area contributed by atoms with E-state index in [-0.39, 0.29) is 5.97 Å². The molecule has 5 nitrogen and oxygen atoms in total. The largest absolute Gasteiger partial charge is 0.469 e. The van der Waals surface area contributed by atoms with Crippen LogP contribution in [0.4, 0.5) is 5.82 Å². The molecule has 20 heavy (non-hydrogen) atoms. The van der Waals surface area contributed by atoms with Crippen molar-refractivity contribution < 1.29 is 9.53 Å². The maximum absolute atomic E-state index is 11.7. The molecule has 0 unspecified atom stereocenters. The minimum Gasteiger partial charge on any atom is -0.469 e. The molecular formula is C14H19N3O2S. The van der Waals surface area contributed by atoms with Gasteiger partial charge >= 0.3 is 5.97 Å². The first-order valence-corrected chi connectivity index (χ1v) is 7.28. The third-order valence-electron chi connectivity index (χ3n) is 3.17. The normalized spacial score (nSPS) is 11.7. The second kappa shape index (κ2) is 5.36. The molecule has 0 saturated heterocycles. The molecule has 2 heterocycles. The van der Waals surface area contributed by atoms with E-state index in [1.165, 1.54) is 7.11 Å². The maximum atomic E-state index is 11.7. The molecule has 0 bridgehead atoms. The van der Waals surface area contributed by atoms with Crippen molar-refractivity contribution in [2.45, 2.75) is 27.7 Å². The Balaban J connectivity index is 2.30. The van der Waals surface area contributed by atoms with E-state index >= 15 is 0 Å². The van der Waals surface area contributed by atoms with Crippen LogP contribution in [-0.2, 0) is 9.53 Å². The van der Waals surface area contributed by atoms with Crippen LogP contribution in [0.1, 0.15) is 25.2 Å². The fourth-order valence-corrected chi connectivity index (χ4v) is 2.94. The molecule has 6 heteroatoms. The van der Waals surface area contributed by atoms with Gasteiger partial charge in [0.05, 0.1) is 17.9 Å². The minimum absolute atomic E-state index is 0.242. The molecule has 0 aromatic carbocycles. The number of aryl methyl sites for hydroxylation is 2. The Labute approximate surface area is 122 Å². The number of aromatic nitrogens is 2. The first-order valence-electron chi connectivity index (χ1n) is 6.40. The Hall–Kier alpha value is -1.69. The van der Waals surface area contributed by atoms with Gasteiger partial charge < -0.3 is 10.1 Å². The topological polar surface area (TPSA) is 64.1 Å². The summed E-state index contributed by atoms with van der Waals surface area (Å²) in [6, 6.07) is 0. The summed E-state index contributed by atoms with van der Waals surface area (Å²) in [5.41, 5.74) is 0.535. The van der Waals surface area contributed by atoms with Gasteiger partial charge in [0.15, 0.2) is 0 Å². The molecule has 0 radical (unpaired) electrons. The highest BCUT2D eigenvalue weighted by Crippen LogP contribution is 2.30. The molecule has 0 spiro atoms. The monoisotopic (exact) mass is 293 g/mol. The SMILES string of the molecule is COC(=O)C(C)(C)CNc1nc(C)nc2scc(C)c12. The summed E-state index contributed by atoms with van der Waals surface area (Å²) in [7, 11) is 1.40. The molecule has 2 aromatic heterocycles. The van der Waals surface area contributed by atoms with Crippen LogP contribution in [0.25, 0.3) is 10.2 Å². The van der Waals surface area contributed by atoms with Gasteiger partial charge in [0.25, 0.3) is 0 Å². The number of hydrogen-bond donors (Lipinski definition) is 1. The highest BCUT2D eigenvalue weighted by atomic mass is 32.1. The third-order valence-corrected chi connectivity index (χ3v) is 4.16. The van der Waals surface area contributed by atoms with Crippen molar-refractivity contribution in [1.29, 1.82) is 0 Å². The van der Waals surface area contributed by atoms with Gasteiger partial charge in [-0.2, -0.15) is 0 Å². The van der Waals surface area contributed by atoms with Crippen LogP contribution < -0.4 is 5.32 Å². The molecule has 2 rings (SSSR count). The number of carbonyl (C=O) groups excluding carboxylic acids is 1. The van der Waals surface area contributed by atoms with E-state index in [1.807, 2.05) is 27.7 Å². The third kappa shape index (κ3) is 2.75. The van der Waals surface area contributed by atoms with Gasteiger partial charge in [0.2, 0.25) is 0 Å². The number of nitrogens with zero attached hydrogens (tertiary/aromatic N) is 2. The number of ether oxygens (including phenoxy) is 1. The Morgan fingerprint density at radius 3 is 2.75 bits per heavy atom. The number of methoxy groups -OCH3 is 1. The van der Waals surface area contributed by atoms with Crippen molar-refractivity contribution in [3.63, 3.8) is 0 Å². The quantitative estimate of drug-likeness (QED) is 0.878. The van der Waals surface area contributed by atoms with E-state index in [1.54, 1.807) is 11.3 Å². The van der Waals surface area contributed by atoms with Gasteiger partial charge in [0, 0.05) is 6.54 Å². The highest BCUT2D eigenvalue weighted by Gasteiger charge is 2.29. The second-order valence-corrected chi connectivity index (χ2v) is 6.31. The van der Waals surface area contributed by atoms with E-state index in [0.717, 1.165) is 27.4 Å². The van der Waals surface area contributed by atoms with Crippen LogP contribution in [0, 0.1) is 19.3 Å². The van der Waals surface area contributed by atoms with Gasteiger partial charge in [-0.05, 0) is 38.6 Å². The summed E-state index contributed by atoms with van der Waals surface area (Å²) >= 11 is 1.60. The number of anilines is 1. The van der Waals surface area contributed by atoms with E-state index in [4.69, 9.17) is 4.74 Å². The zero-order valence-corrected chi connectivity index (χ0v) is 13.2. The van der Waals surface area contributed by atoms with Crippen LogP contribution in [0.15, 0.2) is 5.38 Å². The van der Waals surface area contributed by atoms with Crippen LogP contribution >= 0.6 is 11.3 Å². The molecule has 2 aromatic rings. The lowest BCUT2D eigenvalue weighted by Gasteiger charge is -2.22. The first-order chi connectivity index (χ1) is 9.35. The Morgan fingerprint density at radius 2 is 2.10 bits per heavy atom. The van der Waals surface area contributed by atoms with Crippen molar-refractivity contribution in [2.75, 3.05) is 19.0 Å². The van der Waals surface area contributed by atoms with Crippen LogP contribution in [0.3, 0.4) is 0 Å². The molecule has 1 N–H and O–H groups in total. The van der Waals surface area contributed by atoms with Crippen molar-refractivity contribution in [1.82, 2.24) is 9.97 Å². The van der Waals surface area contributed by atoms with Crippen LogP contribution in [-0.4, -0.2) is 29.6 Å². The number of rotatable bonds is 4. The predicted octanol–water partition coefficient (Wildman–Crippen LogP) is 2.92. The number of thiophene rings is 1. The molecule has 108 valence electrons. The summed E-state index contributed by atoms with van der Waals surface area (Å²) in [6.45, 7) is 8.05. The number of carbonyl (C=O) groups is 1. The zero-order valence-electron chi connectivity index (χ0n) is 12.4. The van der Waals surface area contributed by atoms with E-state index in [9.17, 15) is 4.79 Å². The Morgan fingerprint density at radius 1 is 1.40 bits per heavy atom. The molecule has 0 saturated carbocycles. The molecule has 0 atom stereocenters. The average Bonchev–Trinajstić information content (AvgIpc) is 2.76. The number of nitrogens with one attached hydrogen (secondary N) is 1. The highest BCUT2D eigenvalue weighted by molar-refractivity contribution is 7.17. The summed E-state index contributed by atoms with van der Waals surface area (Å²) in [4.78, 5) is 21.6. The molecular weight excluding hydrogens is 274 g/mol. The lowest BCUT2D eigenvalue weighted by atomic mass is 9.94. The summed E-state index contributed by atoms with van der Waals surface area (Å²) < 4.78 is 4.81. The Bertz CT molecular complexity index is 649. The number of hydrogen-bond acceptors (Lipinski definition) is 6. The van der Waals surface area contributed by atoms with Gasteiger partial charge in [-0.3, -0.25) is 4.79 Å². The maximum Gasteiger partial charge on any atom is 0.313 e. The van der Waals surface area contributed by atoms with E-state index in [2.05, 4.69) is 20.7 Å². The molecule has 0 amide bonds. The van der Waals surface area contributed by atoms with Gasteiger partial charge in [0.1, 0.15) is 16.5 Å². The average molecular weight is 293 g/mol. The van der Waals surface area contributed by atoms with Crippen LogP contribution in [0.2, 0.25) is 0 Å². The summed E-state index contributed by atoms with van der Waals surface area (Å²) in [5, 5.41) is 6.36. The van der Waals surface area contributed by atoms with Gasteiger partial charge in [-0.1, -0.05) is 0 Å². The van der Waals surface area contributed by atoms with E-state index in [0.29, 0.717) is 6.54 Å². The van der Waals surface area contributed by atoms with Crippen molar-refractivity contribution in [2.24, 2.45) is 5.41 Å². The fourth-order valence-electron chi connectivity index (χ4n) is 1.97. The van der Waals surface area contributed by atoms with Gasteiger partial charge in [-0.25, -0.2) is 9.97 Å². The minimum atomic E-state index is -0.607. The van der Waals surface area contributed by atoms with Gasteiger partial charge in [-0.15, -0.1) is 11.3 Å². The zero-order chi connectivity index (χ0) is 14.9.